The number of ether oxygens (including phenoxy) is 2. The second-order valence-electron chi connectivity index (χ2n) is 3.48. The topological polar surface area (TPSA) is 81.0 Å². The van der Waals surface area contributed by atoms with Crippen molar-refractivity contribution in [2.45, 2.75) is 31.8 Å². The highest BCUT2D eigenvalue weighted by molar-refractivity contribution is 6.63. The standard InChI is InChI=1S/C10H16N2O4/c1-14-9(11)8(10(13)15-2)12-16-7-5-3-4-6-7/h7,11H,3-6H2,1-2H3/b11-9?,12-8+. The highest BCUT2D eigenvalue weighted by Gasteiger charge is 2.22. The van der Waals surface area contributed by atoms with Gasteiger partial charge < -0.3 is 14.3 Å². The number of esters is 1. The molecule has 90 valence electrons. The first-order chi connectivity index (χ1) is 7.69. The molecule has 1 aliphatic rings. The maximum absolute atomic E-state index is 11.3. The summed E-state index contributed by atoms with van der Waals surface area (Å²) in [5, 5.41) is 11.0. The van der Waals surface area contributed by atoms with Crippen LogP contribution in [0.3, 0.4) is 0 Å². The first kappa shape index (κ1) is 12.5. The molecule has 6 nitrogen and oxygen atoms in total. The Morgan fingerprint density at radius 2 is 1.88 bits per heavy atom. The quantitative estimate of drug-likeness (QED) is 0.338. The van der Waals surface area contributed by atoms with Crippen molar-refractivity contribution in [3.05, 3.63) is 0 Å². The van der Waals surface area contributed by atoms with E-state index in [-0.39, 0.29) is 17.7 Å². The molecule has 1 aliphatic carbocycles. The molecule has 0 aromatic heterocycles. The third-order valence-electron chi connectivity index (χ3n) is 2.39. The van der Waals surface area contributed by atoms with Gasteiger partial charge in [-0.15, -0.1) is 0 Å². The van der Waals surface area contributed by atoms with Crippen molar-refractivity contribution in [2.75, 3.05) is 14.2 Å². The smallest absolute Gasteiger partial charge is 0.365 e. The molecular formula is C10H16N2O4. The molecule has 6 heteroatoms. The van der Waals surface area contributed by atoms with Crippen molar-refractivity contribution < 1.29 is 19.1 Å². The monoisotopic (exact) mass is 228 g/mol. The van der Waals surface area contributed by atoms with Gasteiger partial charge in [-0.25, -0.2) is 4.79 Å². The summed E-state index contributed by atoms with van der Waals surface area (Å²) in [6.07, 6.45) is 4.10. The molecule has 0 aromatic carbocycles. The van der Waals surface area contributed by atoms with E-state index in [4.69, 9.17) is 10.2 Å². The summed E-state index contributed by atoms with van der Waals surface area (Å²) < 4.78 is 9.10. The minimum atomic E-state index is -0.732. The van der Waals surface area contributed by atoms with E-state index in [1.165, 1.54) is 14.2 Å². The molecule has 1 N–H and O–H groups in total. The summed E-state index contributed by atoms with van der Waals surface area (Å²) in [5.74, 6) is -1.09. The average Bonchev–Trinajstić information content (AvgIpc) is 2.81. The minimum absolute atomic E-state index is 0.0318. The van der Waals surface area contributed by atoms with Gasteiger partial charge >= 0.3 is 5.97 Å². The molecule has 0 radical (unpaired) electrons. The van der Waals surface area contributed by atoms with Crippen LogP contribution in [-0.2, 0) is 19.1 Å². The largest absolute Gasteiger partial charge is 0.480 e. The van der Waals surface area contributed by atoms with Crippen molar-refractivity contribution in [1.29, 1.82) is 5.41 Å². The van der Waals surface area contributed by atoms with Gasteiger partial charge in [0, 0.05) is 0 Å². The van der Waals surface area contributed by atoms with Crippen LogP contribution in [0.25, 0.3) is 0 Å². The second-order valence-corrected chi connectivity index (χ2v) is 3.48. The fraction of sp³-hybridized carbons (Fsp3) is 0.700. The first-order valence-electron chi connectivity index (χ1n) is 5.14. The second kappa shape index (κ2) is 6.09. The molecule has 0 aliphatic heterocycles. The van der Waals surface area contributed by atoms with Gasteiger partial charge in [-0.2, -0.15) is 0 Å². The Morgan fingerprint density at radius 1 is 1.25 bits per heavy atom. The fourth-order valence-corrected chi connectivity index (χ4v) is 1.49. The highest BCUT2D eigenvalue weighted by atomic mass is 16.6. The van der Waals surface area contributed by atoms with E-state index in [9.17, 15) is 4.79 Å². The number of carbonyl (C=O) groups excluding carboxylic acids is 1. The lowest BCUT2D eigenvalue weighted by Crippen LogP contribution is -2.27. The number of hydrogen-bond acceptors (Lipinski definition) is 6. The van der Waals surface area contributed by atoms with Gasteiger partial charge in [0.05, 0.1) is 14.2 Å². The molecule has 0 atom stereocenters. The number of nitrogens with zero attached hydrogens (tertiary/aromatic N) is 1. The zero-order chi connectivity index (χ0) is 12.0. The molecule has 0 spiro atoms. The molecular weight excluding hydrogens is 212 g/mol. The van der Waals surface area contributed by atoms with E-state index < -0.39 is 5.97 Å². The van der Waals surface area contributed by atoms with Crippen molar-refractivity contribution in [3.8, 4) is 0 Å². The van der Waals surface area contributed by atoms with Gasteiger partial charge in [0.1, 0.15) is 6.10 Å². The summed E-state index contributed by atoms with van der Waals surface area (Å²) in [4.78, 5) is 16.4. The molecule has 0 saturated heterocycles. The minimum Gasteiger partial charge on any atom is -0.480 e. The third kappa shape index (κ3) is 3.22. The summed E-state index contributed by atoms with van der Waals surface area (Å²) in [6.45, 7) is 0. The summed E-state index contributed by atoms with van der Waals surface area (Å²) in [5.41, 5.74) is -0.239. The van der Waals surface area contributed by atoms with Crippen LogP contribution < -0.4 is 0 Å². The molecule has 1 fully saturated rings. The van der Waals surface area contributed by atoms with Crippen LogP contribution in [0.1, 0.15) is 25.7 Å². The van der Waals surface area contributed by atoms with Crippen LogP contribution in [0.4, 0.5) is 0 Å². The SMILES string of the molecule is COC(=N)/C(=N\OC1CCCC1)C(=O)OC. The molecule has 0 unspecified atom stereocenters. The Kier molecular flexibility index (Phi) is 4.75. The van der Waals surface area contributed by atoms with Crippen LogP contribution in [0, 0.1) is 5.41 Å². The van der Waals surface area contributed by atoms with E-state index in [0.717, 1.165) is 25.7 Å². The lowest BCUT2D eigenvalue weighted by Gasteiger charge is -2.08. The number of rotatable bonds is 4. The van der Waals surface area contributed by atoms with Gasteiger partial charge in [-0.05, 0) is 25.7 Å². The Bertz CT molecular complexity index is 277. The van der Waals surface area contributed by atoms with Crippen molar-refractivity contribution in [2.24, 2.45) is 5.16 Å². The Morgan fingerprint density at radius 3 is 2.38 bits per heavy atom. The van der Waals surface area contributed by atoms with Crippen LogP contribution in [0.15, 0.2) is 5.16 Å². The zero-order valence-electron chi connectivity index (χ0n) is 9.49. The van der Waals surface area contributed by atoms with E-state index in [1.54, 1.807) is 0 Å². The molecule has 16 heavy (non-hydrogen) atoms. The van der Waals surface area contributed by atoms with Crippen molar-refractivity contribution in [1.82, 2.24) is 0 Å². The zero-order valence-corrected chi connectivity index (χ0v) is 9.49. The van der Waals surface area contributed by atoms with Crippen LogP contribution in [-0.4, -0.2) is 37.9 Å². The molecule has 0 aromatic rings. The molecule has 1 saturated carbocycles. The predicted molar refractivity (Wildman–Crippen MR) is 57.5 cm³/mol. The van der Waals surface area contributed by atoms with Gasteiger partial charge in [0.15, 0.2) is 0 Å². The van der Waals surface area contributed by atoms with E-state index in [0.29, 0.717) is 0 Å². The lowest BCUT2D eigenvalue weighted by molar-refractivity contribution is -0.132. The lowest BCUT2D eigenvalue weighted by atomic mass is 10.3. The molecule has 0 heterocycles. The van der Waals surface area contributed by atoms with Gasteiger partial charge in [0.25, 0.3) is 0 Å². The van der Waals surface area contributed by atoms with E-state index in [1.807, 2.05) is 0 Å². The first-order valence-corrected chi connectivity index (χ1v) is 5.14. The summed E-state index contributed by atoms with van der Waals surface area (Å²) in [7, 11) is 2.51. The predicted octanol–water partition coefficient (Wildman–Crippen LogP) is 1.10. The van der Waals surface area contributed by atoms with Gasteiger partial charge in [-0.3, -0.25) is 5.41 Å². The van der Waals surface area contributed by atoms with Crippen molar-refractivity contribution >= 4 is 17.6 Å². The Balaban J connectivity index is 2.63. The number of methoxy groups -OCH3 is 2. The third-order valence-corrected chi connectivity index (χ3v) is 2.39. The molecule has 0 bridgehead atoms. The number of carbonyl (C=O) groups is 1. The average molecular weight is 228 g/mol. The van der Waals surface area contributed by atoms with Crippen LogP contribution >= 0.6 is 0 Å². The Hall–Kier alpha value is -1.59. The highest BCUT2D eigenvalue weighted by Crippen LogP contribution is 2.21. The normalized spacial score (nSPS) is 17.0. The van der Waals surface area contributed by atoms with Crippen LogP contribution in [0.2, 0.25) is 0 Å². The van der Waals surface area contributed by atoms with E-state index >= 15 is 0 Å². The molecule has 0 amide bonds. The Labute approximate surface area is 94.1 Å². The number of oxime groups is 1. The van der Waals surface area contributed by atoms with Gasteiger partial charge in [-0.1, -0.05) is 5.16 Å². The maximum Gasteiger partial charge on any atom is 0.365 e. The molecule has 1 rings (SSSR count). The summed E-state index contributed by atoms with van der Waals surface area (Å²) >= 11 is 0. The van der Waals surface area contributed by atoms with Crippen LogP contribution in [0.5, 0.6) is 0 Å². The van der Waals surface area contributed by atoms with Gasteiger partial charge in [0.2, 0.25) is 11.6 Å². The maximum atomic E-state index is 11.3. The number of hydrogen-bond donors (Lipinski definition) is 1. The van der Waals surface area contributed by atoms with Crippen molar-refractivity contribution in [3.63, 3.8) is 0 Å². The summed E-state index contributed by atoms with van der Waals surface area (Å²) in [6, 6.07) is 0. The number of nitrogens with one attached hydrogen (secondary N) is 1. The fourth-order valence-electron chi connectivity index (χ4n) is 1.49. The van der Waals surface area contributed by atoms with E-state index in [2.05, 4.69) is 14.6 Å².